The molecule has 4 nitrogen and oxygen atoms in total. The summed E-state index contributed by atoms with van der Waals surface area (Å²) >= 11 is -1.92. The molecular formula is C5H9NO3S. The largest absolute Gasteiger partial charge is 0.475 e. The van der Waals surface area contributed by atoms with E-state index in [0.29, 0.717) is 17.5 Å². The number of rotatable bonds is 1. The molecule has 0 fully saturated rings. The zero-order valence-electron chi connectivity index (χ0n) is 5.83. The Morgan fingerprint density at radius 3 is 2.60 bits per heavy atom. The van der Waals surface area contributed by atoms with Crippen LogP contribution in [0.5, 0.6) is 0 Å². The maximum atomic E-state index is 10.6. The molecule has 1 unspecified atom stereocenters. The summed E-state index contributed by atoms with van der Waals surface area (Å²) in [5, 5.41) is 0.361. The molecule has 0 bridgehead atoms. The molecule has 1 heterocycles. The van der Waals surface area contributed by atoms with Crippen LogP contribution in [0, 0.1) is 0 Å². The van der Waals surface area contributed by atoms with E-state index in [4.69, 9.17) is 9.29 Å². The van der Waals surface area contributed by atoms with Gasteiger partial charge < -0.3 is 14.2 Å². The average Bonchev–Trinajstić information content (AvgIpc) is 2.11. The van der Waals surface area contributed by atoms with Gasteiger partial charge in [-0.05, 0) is 6.92 Å². The lowest BCUT2D eigenvalue weighted by Gasteiger charge is -2.08. The Labute approximate surface area is 61.8 Å². The quantitative estimate of drug-likeness (QED) is 0.565. The first-order chi connectivity index (χ1) is 4.63. The Kier molecular flexibility index (Phi) is 1.96. The molecule has 0 saturated carbocycles. The molecule has 0 saturated heterocycles. The first-order valence-electron chi connectivity index (χ1n) is 2.78. The van der Waals surface area contributed by atoms with E-state index in [1.165, 1.54) is 0 Å². The highest BCUT2D eigenvalue weighted by atomic mass is 32.2. The summed E-state index contributed by atoms with van der Waals surface area (Å²) < 4.78 is 24.2. The van der Waals surface area contributed by atoms with Crippen LogP contribution in [0.25, 0.3) is 0 Å². The Hall–Kier alpha value is -0.550. The van der Waals surface area contributed by atoms with Crippen molar-refractivity contribution in [2.24, 2.45) is 0 Å². The Balaban J connectivity index is 2.88. The summed E-state index contributed by atoms with van der Waals surface area (Å²) in [5.74, 6) is 0.531. The van der Waals surface area contributed by atoms with Gasteiger partial charge in [0.1, 0.15) is 5.76 Å². The van der Waals surface area contributed by atoms with E-state index in [-0.39, 0.29) is 0 Å². The van der Waals surface area contributed by atoms with Gasteiger partial charge in [0.25, 0.3) is 0 Å². The van der Waals surface area contributed by atoms with E-state index in [1.807, 2.05) is 0 Å². The first-order valence-corrected chi connectivity index (χ1v) is 3.89. The normalized spacial score (nSPS) is 21.3. The van der Waals surface area contributed by atoms with E-state index in [1.54, 1.807) is 18.9 Å². The second kappa shape index (κ2) is 2.59. The third-order valence-electron chi connectivity index (χ3n) is 1.29. The van der Waals surface area contributed by atoms with Crippen molar-refractivity contribution in [1.82, 2.24) is 4.90 Å². The van der Waals surface area contributed by atoms with Crippen LogP contribution in [0.2, 0.25) is 0 Å². The lowest BCUT2D eigenvalue weighted by molar-refractivity contribution is 0.169. The van der Waals surface area contributed by atoms with Gasteiger partial charge in [-0.3, -0.25) is 0 Å². The van der Waals surface area contributed by atoms with Crippen molar-refractivity contribution in [3.05, 3.63) is 10.8 Å². The second-order valence-electron chi connectivity index (χ2n) is 2.08. The molecule has 5 heteroatoms. The van der Waals surface area contributed by atoms with Crippen molar-refractivity contribution in [2.75, 3.05) is 13.8 Å². The van der Waals surface area contributed by atoms with Gasteiger partial charge in [0.05, 0.1) is 0 Å². The number of hydrogen-bond donors (Lipinski definition) is 1. The average molecular weight is 163 g/mol. The van der Waals surface area contributed by atoms with E-state index in [2.05, 4.69) is 0 Å². The van der Waals surface area contributed by atoms with Crippen molar-refractivity contribution in [1.29, 1.82) is 0 Å². The lowest BCUT2D eigenvalue weighted by Crippen LogP contribution is -2.16. The fraction of sp³-hybridized carbons (Fsp3) is 0.600. The van der Waals surface area contributed by atoms with Gasteiger partial charge in [-0.25, -0.2) is 4.21 Å². The van der Waals surface area contributed by atoms with Crippen LogP contribution in [0.3, 0.4) is 0 Å². The number of nitrogens with zero attached hydrogens (tertiary/aromatic N) is 1. The van der Waals surface area contributed by atoms with E-state index in [9.17, 15) is 4.21 Å². The van der Waals surface area contributed by atoms with Crippen LogP contribution in [-0.4, -0.2) is 27.4 Å². The summed E-state index contributed by atoms with van der Waals surface area (Å²) in [6.45, 7) is 2.04. The molecule has 1 aliphatic rings. The maximum Gasteiger partial charge on any atom is 0.207 e. The summed E-state index contributed by atoms with van der Waals surface area (Å²) in [7, 11) is 1.71. The van der Waals surface area contributed by atoms with Gasteiger partial charge in [0.2, 0.25) is 11.1 Å². The molecule has 10 heavy (non-hydrogen) atoms. The van der Waals surface area contributed by atoms with Gasteiger partial charge in [0, 0.05) is 7.05 Å². The summed E-state index contributed by atoms with van der Waals surface area (Å²) in [6, 6.07) is 0. The van der Waals surface area contributed by atoms with Gasteiger partial charge in [-0.15, -0.1) is 0 Å². The highest BCUT2D eigenvalue weighted by molar-refractivity contribution is 7.83. The van der Waals surface area contributed by atoms with E-state index >= 15 is 0 Å². The summed E-state index contributed by atoms with van der Waals surface area (Å²) in [4.78, 5) is 1.60. The third kappa shape index (κ3) is 1.15. The molecule has 0 radical (unpaired) electrons. The minimum absolute atomic E-state index is 0.361. The number of hydrogen-bond acceptors (Lipinski definition) is 3. The molecule has 0 aromatic carbocycles. The molecule has 0 aromatic rings. The summed E-state index contributed by atoms with van der Waals surface area (Å²) in [6.07, 6.45) is 0. The van der Waals surface area contributed by atoms with E-state index in [0.717, 1.165) is 0 Å². The molecular weight excluding hydrogens is 154 g/mol. The number of ether oxygens (including phenoxy) is 1. The minimum atomic E-state index is -1.92. The molecule has 0 aromatic heterocycles. The van der Waals surface area contributed by atoms with Crippen LogP contribution < -0.4 is 0 Å². The maximum absolute atomic E-state index is 10.6. The van der Waals surface area contributed by atoms with Gasteiger partial charge in [0.15, 0.2) is 11.8 Å². The van der Waals surface area contributed by atoms with E-state index < -0.39 is 11.1 Å². The number of allylic oxidation sites excluding steroid dienone is 1. The minimum Gasteiger partial charge on any atom is -0.475 e. The third-order valence-corrected chi connectivity index (χ3v) is 2.22. The molecule has 0 amide bonds. The Morgan fingerprint density at radius 2 is 2.40 bits per heavy atom. The first kappa shape index (κ1) is 7.56. The molecule has 1 N–H and O–H groups in total. The van der Waals surface area contributed by atoms with Gasteiger partial charge >= 0.3 is 0 Å². The van der Waals surface area contributed by atoms with Crippen molar-refractivity contribution in [2.45, 2.75) is 6.92 Å². The standard InChI is InChI=1S/C5H9NO3S/c1-4-5(10(7)8)6(2)3-9-4/h3H2,1-2H3,(H,7,8). The molecule has 1 aliphatic heterocycles. The molecule has 1 rings (SSSR count). The molecule has 0 aliphatic carbocycles. The van der Waals surface area contributed by atoms with Crippen LogP contribution in [-0.2, 0) is 15.8 Å². The van der Waals surface area contributed by atoms with Crippen LogP contribution in [0.4, 0.5) is 0 Å². The fourth-order valence-corrected chi connectivity index (χ4v) is 1.46. The topological polar surface area (TPSA) is 49.8 Å². The summed E-state index contributed by atoms with van der Waals surface area (Å²) in [5.41, 5.74) is 0. The Morgan fingerprint density at radius 1 is 1.80 bits per heavy atom. The van der Waals surface area contributed by atoms with Crippen LogP contribution in [0.15, 0.2) is 10.8 Å². The Bertz CT molecular complexity index is 201. The highest BCUT2D eigenvalue weighted by Crippen LogP contribution is 2.19. The fourth-order valence-electron chi connectivity index (χ4n) is 0.839. The lowest BCUT2D eigenvalue weighted by atomic mass is 10.6. The smallest absolute Gasteiger partial charge is 0.207 e. The van der Waals surface area contributed by atoms with Gasteiger partial charge in [-0.2, -0.15) is 0 Å². The molecule has 1 atom stereocenters. The second-order valence-corrected chi connectivity index (χ2v) is 2.97. The zero-order valence-corrected chi connectivity index (χ0v) is 6.64. The zero-order chi connectivity index (χ0) is 7.72. The highest BCUT2D eigenvalue weighted by Gasteiger charge is 2.21. The van der Waals surface area contributed by atoms with Crippen molar-refractivity contribution in [3.8, 4) is 0 Å². The predicted octanol–water partition coefficient (Wildman–Crippen LogP) is 0.317. The molecule has 58 valence electrons. The van der Waals surface area contributed by atoms with Crippen molar-refractivity contribution >= 4 is 11.1 Å². The molecule has 0 spiro atoms. The van der Waals surface area contributed by atoms with Crippen molar-refractivity contribution in [3.63, 3.8) is 0 Å². The van der Waals surface area contributed by atoms with Crippen LogP contribution in [0.1, 0.15) is 6.92 Å². The SMILES string of the molecule is CC1=C(S(=O)O)N(C)CO1. The van der Waals surface area contributed by atoms with Crippen LogP contribution >= 0.6 is 0 Å². The van der Waals surface area contributed by atoms with Gasteiger partial charge in [-0.1, -0.05) is 0 Å². The predicted molar refractivity (Wildman–Crippen MR) is 37.2 cm³/mol. The van der Waals surface area contributed by atoms with Crippen molar-refractivity contribution < 1.29 is 13.5 Å². The monoisotopic (exact) mass is 163 g/mol.